The number of benzene rings is 3. The molecule has 1 N–H and O–H groups in total. The lowest BCUT2D eigenvalue weighted by molar-refractivity contribution is -0.137. The Morgan fingerprint density at radius 1 is 0.767 bits per heavy atom. The van der Waals surface area contributed by atoms with E-state index >= 15 is 0 Å². The van der Waals surface area contributed by atoms with E-state index in [2.05, 4.69) is 15.9 Å². The molecule has 0 unspecified atom stereocenters. The predicted octanol–water partition coefficient (Wildman–Crippen LogP) is 7.08. The molecular formula is C24H17BrF3NO. The van der Waals surface area contributed by atoms with Crippen molar-refractivity contribution in [1.29, 1.82) is 0 Å². The van der Waals surface area contributed by atoms with Crippen molar-refractivity contribution < 1.29 is 18.3 Å². The lowest BCUT2D eigenvalue weighted by Crippen LogP contribution is -2.12. The maximum atomic E-state index is 13.8. The second-order valence-corrected chi connectivity index (χ2v) is 7.74. The minimum absolute atomic E-state index is 0.0531. The molecular weight excluding hydrogens is 455 g/mol. The third-order valence-electron chi connectivity index (χ3n) is 4.88. The zero-order valence-corrected chi connectivity index (χ0v) is 17.3. The summed E-state index contributed by atoms with van der Waals surface area (Å²) in [7, 11) is 0. The van der Waals surface area contributed by atoms with Gasteiger partial charge in [0.25, 0.3) is 0 Å². The lowest BCUT2D eigenvalue weighted by Gasteiger charge is -2.19. The van der Waals surface area contributed by atoms with E-state index in [1.165, 1.54) is 12.1 Å². The van der Waals surface area contributed by atoms with Crippen LogP contribution in [0.3, 0.4) is 0 Å². The molecule has 3 aromatic carbocycles. The number of aliphatic hydroxyl groups is 1. The molecule has 0 fully saturated rings. The summed E-state index contributed by atoms with van der Waals surface area (Å²) in [6, 6.07) is 23.8. The van der Waals surface area contributed by atoms with Gasteiger partial charge in [-0.15, -0.1) is 0 Å². The van der Waals surface area contributed by atoms with E-state index in [9.17, 15) is 18.3 Å². The van der Waals surface area contributed by atoms with Gasteiger partial charge in [0.05, 0.1) is 29.2 Å². The minimum atomic E-state index is -4.50. The first-order valence-corrected chi connectivity index (χ1v) is 10.0. The van der Waals surface area contributed by atoms with Crippen LogP contribution in [0.5, 0.6) is 0 Å². The summed E-state index contributed by atoms with van der Waals surface area (Å²) in [6.07, 6.45) is -4.50. The van der Waals surface area contributed by atoms with Crippen molar-refractivity contribution in [3.8, 4) is 28.2 Å². The van der Waals surface area contributed by atoms with Gasteiger partial charge in [0, 0.05) is 4.47 Å². The molecule has 0 aliphatic heterocycles. The van der Waals surface area contributed by atoms with Gasteiger partial charge in [-0.3, -0.25) is 0 Å². The first-order chi connectivity index (χ1) is 14.4. The molecule has 1 heterocycles. The average molecular weight is 472 g/mol. The van der Waals surface area contributed by atoms with Gasteiger partial charge in [-0.05, 0) is 59.2 Å². The summed E-state index contributed by atoms with van der Waals surface area (Å²) in [5, 5.41) is 9.50. The topological polar surface area (TPSA) is 25.2 Å². The number of alkyl halides is 3. The zero-order valence-electron chi connectivity index (χ0n) is 15.7. The van der Waals surface area contributed by atoms with Crippen LogP contribution in [-0.2, 0) is 12.8 Å². The van der Waals surface area contributed by atoms with Crippen LogP contribution in [0.25, 0.3) is 28.2 Å². The highest BCUT2D eigenvalue weighted by Crippen LogP contribution is 2.39. The Bertz CT molecular complexity index is 1180. The van der Waals surface area contributed by atoms with Gasteiger partial charge in [-0.1, -0.05) is 58.4 Å². The first kappa shape index (κ1) is 20.4. The van der Waals surface area contributed by atoms with Crippen molar-refractivity contribution >= 4 is 15.9 Å². The predicted molar refractivity (Wildman–Crippen MR) is 115 cm³/mol. The lowest BCUT2D eigenvalue weighted by atomic mass is 10.1. The molecule has 0 saturated heterocycles. The van der Waals surface area contributed by atoms with E-state index in [1.54, 1.807) is 34.9 Å². The largest absolute Gasteiger partial charge is 0.418 e. The summed E-state index contributed by atoms with van der Waals surface area (Å²) in [6.45, 7) is -0.146. The van der Waals surface area contributed by atoms with E-state index in [4.69, 9.17) is 0 Å². The van der Waals surface area contributed by atoms with Crippen LogP contribution >= 0.6 is 15.9 Å². The smallest absolute Gasteiger partial charge is 0.392 e. The fraction of sp³-hybridized carbons (Fsp3) is 0.0833. The van der Waals surface area contributed by atoms with Crippen LogP contribution in [0.1, 0.15) is 11.1 Å². The summed E-state index contributed by atoms with van der Waals surface area (Å²) < 4.78 is 44.0. The van der Waals surface area contributed by atoms with Gasteiger partial charge in [0.2, 0.25) is 0 Å². The highest BCUT2D eigenvalue weighted by Gasteiger charge is 2.34. The normalized spacial score (nSPS) is 11.6. The van der Waals surface area contributed by atoms with Gasteiger partial charge in [-0.2, -0.15) is 13.2 Å². The van der Waals surface area contributed by atoms with Crippen LogP contribution < -0.4 is 0 Å². The Morgan fingerprint density at radius 2 is 1.43 bits per heavy atom. The molecule has 0 aliphatic rings. The van der Waals surface area contributed by atoms with Crippen LogP contribution in [-0.4, -0.2) is 9.67 Å². The standard InChI is InChI=1S/C24H17BrF3NO/c25-19-10-8-17(9-11-19)21-12-13-22(18-5-3-4-16(14-18)15-30)29(21)23-7-2-1-6-20(23)24(26,27)28/h1-14,30H,15H2. The van der Waals surface area contributed by atoms with E-state index in [1.807, 2.05) is 36.4 Å². The maximum Gasteiger partial charge on any atom is 0.418 e. The monoisotopic (exact) mass is 471 g/mol. The van der Waals surface area contributed by atoms with E-state index in [0.29, 0.717) is 17.0 Å². The van der Waals surface area contributed by atoms with E-state index in [0.717, 1.165) is 21.7 Å². The zero-order chi connectivity index (χ0) is 21.3. The Morgan fingerprint density at radius 3 is 2.10 bits per heavy atom. The highest BCUT2D eigenvalue weighted by molar-refractivity contribution is 9.10. The molecule has 0 aliphatic carbocycles. The molecule has 0 radical (unpaired) electrons. The number of rotatable bonds is 4. The number of hydrogen-bond acceptors (Lipinski definition) is 1. The van der Waals surface area contributed by atoms with Gasteiger partial charge in [0.15, 0.2) is 0 Å². The van der Waals surface area contributed by atoms with Crippen molar-refractivity contribution in [2.75, 3.05) is 0 Å². The van der Waals surface area contributed by atoms with Crippen molar-refractivity contribution in [2.45, 2.75) is 12.8 Å². The molecule has 4 aromatic rings. The van der Waals surface area contributed by atoms with Crippen molar-refractivity contribution in [3.05, 3.63) is 101 Å². The Labute approximate surface area is 180 Å². The Balaban J connectivity index is 2.02. The molecule has 30 heavy (non-hydrogen) atoms. The SMILES string of the molecule is OCc1cccc(-c2ccc(-c3ccc(Br)cc3)n2-c2ccccc2C(F)(F)F)c1. The summed E-state index contributed by atoms with van der Waals surface area (Å²) in [5.74, 6) is 0. The number of aromatic nitrogens is 1. The van der Waals surface area contributed by atoms with Crippen molar-refractivity contribution in [2.24, 2.45) is 0 Å². The molecule has 2 nitrogen and oxygen atoms in total. The molecule has 0 amide bonds. The van der Waals surface area contributed by atoms with Crippen LogP contribution in [0, 0.1) is 0 Å². The Kier molecular flexibility index (Phi) is 5.54. The van der Waals surface area contributed by atoms with Gasteiger partial charge in [-0.25, -0.2) is 0 Å². The molecule has 1 aromatic heterocycles. The summed E-state index contributed by atoms with van der Waals surface area (Å²) in [4.78, 5) is 0. The highest BCUT2D eigenvalue weighted by atomic mass is 79.9. The van der Waals surface area contributed by atoms with Crippen molar-refractivity contribution in [1.82, 2.24) is 4.57 Å². The van der Waals surface area contributed by atoms with Crippen molar-refractivity contribution in [3.63, 3.8) is 0 Å². The van der Waals surface area contributed by atoms with Gasteiger partial charge in [0.1, 0.15) is 0 Å². The third kappa shape index (κ3) is 3.93. The molecule has 4 rings (SSSR count). The second kappa shape index (κ2) is 8.13. The summed E-state index contributed by atoms with van der Waals surface area (Å²) >= 11 is 3.40. The van der Waals surface area contributed by atoms with Crippen LogP contribution in [0.4, 0.5) is 13.2 Å². The number of hydrogen-bond donors (Lipinski definition) is 1. The maximum absolute atomic E-state index is 13.8. The molecule has 0 bridgehead atoms. The van der Waals surface area contributed by atoms with Crippen LogP contribution in [0.15, 0.2) is 89.4 Å². The number of aliphatic hydroxyl groups excluding tert-OH is 1. The quantitative estimate of drug-likeness (QED) is 0.337. The first-order valence-electron chi connectivity index (χ1n) is 9.23. The van der Waals surface area contributed by atoms with E-state index in [-0.39, 0.29) is 12.3 Å². The minimum Gasteiger partial charge on any atom is -0.392 e. The number of para-hydroxylation sites is 1. The molecule has 6 heteroatoms. The summed E-state index contributed by atoms with van der Waals surface area (Å²) in [5.41, 5.74) is 2.80. The number of nitrogens with zero attached hydrogens (tertiary/aromatic N) is 1. The number of halogens is 4. The van der Waals surface area contributed by atoms with Gasteiger partial charge < -0.3 is 9.67 Å². The molecule has 0 saturated carbocycles. The van der Waals surface area contributed by atoms with Gasteiger partial charge >= 0.3 is 6.18 Å². The average Bonchev–Trinajstić information content (AvgIpc) is 3.18. The molecule has 0 atom stereocenters. The fourth-order valence-corrected chi connectivity index (χ4v) is 3.77. The van der Waals surface area contributed by atoms with Crippen LogP contribution in [0.2, 0.25) is 0 Å². The van der Waals surface area contributed by atoms with E-state index < -0.39 is 11.7 Å². The Hall–Kier alpha value is -2.83. The fourth-order valence-electron chi connectivity index (χ4n) is 3.50. The third-order valence-corrected chi connectivity index (χ3v) is 5.41. The second-order valence-electron chi connectivity index (χ2n) is 6.82. The molecule has 0 spiro atoms. The molecule has 152 valence electrons.